The van der Waals surface area contributed by atoms with E-state index in [2.05, 4.69) is 15.9 Å². The molecule has 1 saturated heterocycles. The van der Waals surface area contributed by atoms with Gasteiger partial charge in [0.1, 0.15) is 17.4 Å². The molecule has 1 aliphatic rings. The lowest BCUT2D eigenvalue weighted by Gasteiger charge is -2.23. The number of aliphatic hydroxyl groups excluding tert-OH is 1. The number of rotatable bonds is 3. The molecule has 0 bridgehead atoms. The van der Waals surface area contributed by atoms with E-state index in [1.807, 2.05) is 24.3 Å². The van der Waals surface area contributed by atoms with Gasteiger partial charge in [-0.2, -0.15) is 0 Å². The molecule has 3 nitrogen and oxygen atoms in total. The van der Waals surface area contributed by atoms with Crippen molar-refractivity contribution in [3.05, 3.63) is 34.5 Å². The van der Waals surface area contributed by atoms with Crippen LogP contribution in [-0.4, -0.2) is 18.3 Å². The molecule has 0 saturated carbocycles. The highest BCUT2D eigenvalue weighted by molar-refractivity contribution is 9.10. The van der Waals surface area contributed by atoms with Gasteiger partial charge in [0, 0.05) is 18.6 Å². The molecular weight excluding hydrogens is 308 g/mol. The lowest BCUT2D eigenvalue weighted by atomic mass is 9.93. The Labute approximate surface area is 120 Å². The number of para-hydroxylation sites is 1. The van der Waals surface area contributed by atoms with Crippen LogP contribution in [0.1, 0.15) is 31.1 Å². The molecular formula is C15H17BrO3. The Morgan fingerprint density at radius 1 is 1.32 bits per heavy atom. The van der Waals surface area contributed by atoms with Gasteiger partial charge in [0.15, 0.2) is 0 Å². The molecule has 3 rings (SSSR count). The number of ether oxygens (including phenoxy) is 1. The van der Waals surface area contributed by atoms with Gasteiger partial charge in [-0.1, -0.05) is 12.1 Å². The number of aliphatic hydroxyl groups is 1. The van der Waals surface area contributed by atoms with E-state index in [0.717, 1.165) is 47.9 Å². The third-order valence-corrected chi connectivity index (χ3v) is 4.37. The van der Waals surface area contributed by atoms with E-state index in [9.17, 15) is 5.11 Å². The van der Waals surface area contributed by atoms with Crippen molar-refractivity contribution in [2.24, 2.45) is 5.92 Å². The van der Waals surface area contributed by atoms with Gasteiger partial charge in [-0.3, -0.25) is 0 Å². The van der Waals surface area contributed by atoms with E-state index in [4.69, 9.17) is 9.15 Å². The van der Waals surface area contributed by atoms with Crippen molar-refractivity contribution in [1.29, 1.82) is 0 Å². The van der Waals surface area contributed by atoms with E-state index in [-0.39, 0.29) is 0 Å². The zero-order valence-electron chi connectivity index (χ0n) is 10.6. The molecule has 102 valence electrons. The summed E-state index contributed by atoms with van der Waals surface area (Å²) in [5.41, 5.74) is 0.809. The second-order valence-electron chi connectivity index (χ2n) is 5.11. The van der Waals surface area contributed by atoms with Crippen LogP contribution >= 0.6 is 15.9 Å². The third kappa shape index (κ3) is 2.86. The first-order chi connectivity index (χ1) is 9.24. The van der Waals surface area contributed by atoms with Gasteiger partial charge in [0.2, 0.25) is 0 Å². The van der Waals surface area contributed by atoms with Gasteiger partial charge in [-0.05, 0) is 53.2 Å². The molecule has 1 aliphatic heterocycles. The maximum absolute atomic E-state index is 10.3. The monoisotopic (exact) mass is 324 g/mol. The van der Waals surface area contributed by atoms with E-state index in [1.165, 1.54) is 0 Å². The van der Waals surface area contributed by atoms with Crippen molar-refractivity contribution in [2.45, 2.75) is 25.4 Å². The van der Waals surface area contributed by atoms with Crippen LogP contribution in [-0.2, 0) is 4.74 Å². The fourth-order valence-electron chi connectivity index (χ4n) is 2.63. The lowest BCUT2D eigenvalue weighted by Crippen LogP contribution is -2.17. The van der Waals surface area contributed by atoms with Crippen molar-refractivity contribution in [1.82, 2.24) is 0 Å². The first-order valence-corrected chi connectivity index (χ1v) is 7.47. The van der Waals surface area contributed by atoms with Crippen molar-refractivity contribution >= 4 is 26.9 Å². The summed E-state index contributed by atoms with van der Waals surface area (Å²) >= 11 is 3.47. The Hall–Kier alpha value is -0.840. The standard InChI is InChI=1S/C15H17BrO3/c16-12-3-1-2-11-9-14(19-15(11)12)13(17)8-10-4-6-18-7-5-10/h1-3,9-10,13,17H,4-8H2. The first kappa shape index (κ1) is 13.2. The quantitative estimate of drug-likeness (QED) is 0.926. The smallest absolute Gasteiger partial charge is 0.148 e. The van der Waals surface area contributed by atoms with Crippen molar-refractivity contribution in [2.75, 3.05) is 13.2 Å². The molecule has 0 spiro atoms. The fourth-order valence-corrected chi connectivity index (χ4v) is 3.09. The molecule has 0 aliphatic carbocycles. The Kier molecular flexibility index (Phi) is 3.91. The Bertz CT molecular complexity index is 558. The summed E-state index contributed by atoms with van der Waals surface area (Å²) in [6.45, 7) is 1.62. The number of benzene rings is 1. The van der Waals surface area contributed by atoms with E-state index >= 15 is 0 Å². The summed E-state index contributed by atoms with van der Waals surface area (Å²) < 4.78 is 12.0. The summed E-state index contributed by atoms with van der Waals surface area (Å²) in [4.78, 5) is 0. The number of fused-ring (bicyclic) bond motifs is 1. The van der Waals surface area contributed by atoms with Crippen molar-refractivity contribution < 1.29 is 14.3 Å². The molecule has 1 unspecified atom stereocenters. The molecule has 1 fully saturated rings. The summed E-state index contributed by atoms with van der Waals surface area (Å²) in [6.07, 6.45) is 2.28. The number of furan rings is 1. The van der Waals surface area contributed by atoms with Gasteiger partial charge >= 0.3 is 0 Å². The molecule has 2 aromatic rings. The Morgan fingerprint density at radius 2 is 2.11 bits per heavy atom. The first-order valence-electron chi connectivity index (χ1n) is 6.68. The van der Waals surface area contributed by atoms with Crippen LogP contribution in [0.5, 0.6) is 0 Å². The van der Waals surface area contributed by atoms with Gasteiger partial charge in [-0.25, -0.2) is 0 Å². The van der Waals surface area contributed by atoms with Crippen LogP contribution in [0.15, 0.2) is 33.2 Å². The predicted octanol–water partition coefficient (Wildman–Crippen LogP) is 4.05. The van der Waals surface area contributed by atoms with Crippen LogP contribution in [0, 0.1) is 5.92 Å². The van der Waals surface area contributed by atoms with Gasteiger partial charge in [-0.15, -0.1) is 0 Å². The average Bonchev–Trinajstić information content (AvgIpc) is 2.85. The molecule has 0 amide bonds. The lowest BCUT2D eigenvalue weighted by molar-refractivity contribution is 0.0392. The highest BCUT2D eigenvalue weighted by atomic mass is 79.9. The normalized spacial score (nSPS) is 18.8. The summed E-state index contributed by atoms with van der Waals surface area (Å²) in [6, 6.07) is 7.84. The third-order valence-electron chi connectivity index (χ3n) is 3.74. The van der Waals surface area contributed by atoms with E-state index < -0.39 is 6.10 Å². The largest absolute Gasteiger partial charge is 0.457 e. The highest BCUT2D eigenvalue weighted by Gasteiger charge is 2.21. The van der Waals surface area contributed by atoms with Gasteiger partial charge in [0.25, 0.3) is 0 Å². The second kappa shape index (κ2) is 5.65. The number of hydrogen-bond acceptors (Lipinski definition) is 3. The minimum absolute atomic E-state index is 0.526. The van der Waals surface area contributed by atoms with Crippen molar-refractivity contribution in [3.8, 4) is 0 Å². The minimum Gasteiger partial charge on any atom is -0.457 e. The Balaban J connectivity index is 1.77. The number of halogens is 1. The zero-order chi connectivity index (χ0) is 13.2. The molecule has 19 heavy (non-hydrogen) atoms. The van der Waals surface area contributed by atoms with Gasteiger partial charge < -0.3 is 14.3 Å². The molecule has 4 heteroatoms. The second-order valence-corrected chi connectivity index (χ2v) is 5.97. The SMILES string of the molecule is OC(CC1CCOCC1)c1cc2cccc(Br)c2o1. The maximum atomic E-state index is 10.3. The summed E-state index contributed by atoms with van der Waals surface area (Å²) in [5, 5.41) is 11.3. The highest BCUT2D eigenvalue weighted by Crippen LogP contribution is 2.33. The van der Waals surface area contributed by atoms with Crippen LogP contribution in [0.25, 0.3) is 11.0 Å². The summed E-state index contributed by atoms with van der Waals surface area (Å²) in [5.74, 6) is 1.19. The van der Waals surface area contributed by atoms with Crippen LogP contribution in [0.4, 0.5) is 0 Å². The molecule has 1 atom stereocenters. The van der Waals surface area contributed by atoms with Crippen LogP contribution in [0.3, 0.4) is 0 Å². The molecule has 0 radical (unpaired) electrons. The molecule has 1 aromatic carbocycles. The maximum Gasteiger partial charge on any atom is 0.148 e. The van der Waals surface area contributed by atoms with E-state index in [1.54, 1.807) is 0 Å². The molecule has 1 aromatic heterocycles. The predicted molar refractivity (Wildman–Crippen MR) is 77.0 cm³/mol. The zero-order valence-corrected chi connectivity index (χ0v) is 12.2. The summed E-state index contributed by atoms with van der Waals surface area (Å²) in [7, 11) is 0. The fraction of sp³-hybridized carbons (Fsp3) is 0.467. The molecule has 2 heterocycles. The minimum atomic E-state index is -0.526. The van der Waals surface area contributed by atoms with Crippen molar-refractivity contribution in [3.63, 3.8) is 0 Å². The average molecular weight is 325 g/mol. The molecule has 1 N–H and O–H groups in total. The topological polar surface area (TPSA) is 42.6 Å². The number of hydrogen-bond donors (Lipinski definition) is 1. The van der Waals surface area contributed by atoms with Crippen LogP contribution in [0.2, 0.25) is 0 Å². The van der Waals surface area contributed by atoms with Crippen LogP contribution < -0.4 is 0 Å². The van der Waals surface area contributed by atoms with E-state index in [0.29, 0.717) is 11.7 Å². The van der Waals surface area contributed by atoms with Gasteiger partial charge in [0.05, 0.1) is 4.47 Å². The Morgan fingerprint density at radius 3 is 2.84 bits per heavy atom.